The van der Waals surface area contributed by atoms with Crippen LogP contribution in [0.25, 0.3) is 11.1 Å². The summed E-state index contributed by atoms with van der Waals surface area (Å²) in [5.74, 6) is -0.705. The molecule has 0 heterocycles. The Morgan fingerprint density at radius 1 is 1.00 bits per heavy atom. The van der Waals surface area contributed by atoms with Crippen molar-refractivity contribution in [1.82, 2.24) is 0 Å². The van der Waals surface area contributed by atoms with Crippen LogP contribution in [0.1, 0.15) is 50.2 Å². The number of carbonyl (C=O) groups is 1. The van der Waals surface area contributed by atoms with Gasteiger partial charge in [-0.05, 0) is 41.5 Å². The van der Waals surface area contributed by atoms with E-state index in [9.17, 15) is 4.79 Å². The summed E-state index contributed by atoms with van der Waals surface area (Å²) < 4.78 is 0. The Morgan fingerprint density at radius 2 is 1.67 bits per heavy atom. The van der Waals surface area contributed by atoms with Gasteiger partial charge in [0.05, 0.1) is 5.92 Å². The third kappa shape index (κ3) is 3.52. The van der Waals surface area contributed by atoms with Crippen LogP contribution in [0.4, 0.5) is 0 Å². The molecular formula is C19H22O2. The van der Waals surface area contributed by atoms with Gasteiger partial charge in [-0.3, -0.25) is 4.79 Å². The van der Waals surface area contributed by atoms with E-state index in [-0.39, 0.29) is 0 Å². The standard InChI is InChI=1S/C19H22O2/c1-4-13(2)17-6-5-7-18(12-17)16-10-8-15(9-11-16)14(3)19(20)21/h5-14H,4H2,1-3H3,(H,20,21). The molecule has 2 aromatic carbocycles. The summed E-state index contributed by atoms with van der Waals surface area (Å²) in [5.41, 5.74) is 4.49. The van der Waals surface area contributed by atoms with Crippen LogP contribution < -0.4 is 0 Å². The van der Waals surface area contributed by atoms with E-state index in [1.54, 1.807) is 6.92 Å². The van der Waals surface area contributed by atoms with Gasteiger partial charge in [-0.1, -0.05) is 62.4 Å². The van der Waals surface area contributed by atoms with E-state index in [2.05, 4.69) is 38.1 Å². The fraction of sp³-hybridized carbons (Fsp3) is 0.316. The maximum absolute atomic E-state index is 11.0. The van der Waals surface area contributed by atoms with Crippen LogP contribution >= 0.6 is 0 Å². The van der Waals surface area contributed by atoms with Crippen molar-refractivity contribution >= 4 is 5.97 Å². The Labute approximate surface area is 126 Å². The average Bonchev–Trinajstić information content (AvgIpc) is 2.53. The first kappa shape index (κ1) is 15.3. The number of benzene rings is 2. The summed E-state index contributed by atoms with van der Waals surface area (Å²) in [6.45, 7) is 6.14. The average molecular weight is 282 g/mol. The Kier molecular flexibility index (Phi) is 4.79. The van der Waals surface area contributed by atoms with Gasteiger partial charge < -0.3 is 5.11 Å². The minimum Gasteiger partial charge on any atom is -0.481 e. The SMILES string of the molecule is CCC(C)c1cccc(-c2ccc(C(C)C(=O)O)cc2)c1. The second-order valence-electron chi connectivity index (χ2n) is 5.62. The van der Waals surface area contributed by atoms with Crippen molar-refractivity contribution < 1.29 is 9.90 Å². The highest BCUT2D eigenvalue weighted by Gasteiger charge is 2.13. The second-order valence-corrected chi connectivity index (χ2v) is 5.62. The van der Waals surface area contributed by atoms with E-state index in [1.807, 2.05) is 24.3 Å². The second kappa shape index (κ2) is 6.57. The van der Waals surface area contributed by atoms with Crippen LogP contribution in [0.15, 0.2) is 48.5 Å². The molecule has 21 heavy (non-hydrogen) atoms. The zero-order valence-corrected chi connectivity index (χ0v) is 12.8. The van der Waals surface area contributed by atoms with Gasteiger partial charge in [0.25, 0.3) is 0 Å². The lowest BCUT2D eigenvalue weighted by molar-refractivity contribution is -0.138. The summed E-state index contributed by atoms with van der Waals surface area (Å²) in [4.78, 5) is 11.0. The smallest absolute Gasteiger partial charge is 0.310 e. The van der Waals surface area contributed by atoms with Crippen molar-refractivity contribution in [2.24, 2.45) is 0 Å². The van der Waals surface area contributed by atoms with Crippen molar-refractivity contribution in [2.45, 2.75) is 39.0 Å². The lowest BCUT2D eigenvalue weighted by atomic mass is 9.93. The molecule has 0 bridgehead atoms. The molecule has 0 aliphatic carbocycles. The Morgan fingerprint density at radius 3 is 2.24 bits per heavy atom. The molecule has 2 aromatic rings. The lowest BCUT2D eigenvalue weighted by Crippen LogP contribution is -2.06. The van der Waals surface area contributed by atoms with E-state index < -0.39 is 11.9 Å². The van der Waals surface area contributed by atoms with Gasteiger partial charge >= 0.3 is 5.97 Å². The van der Waals surface area contributed by atoms with E-state index >= 15 is 0 Å². The van der Waals surface area contributed by atoms with Crippen molar-refractivity contribution in [1.29, 1.82) is 0 Å². The number of hydrogen-bond donors (Lipinski definition) is 1. The molecular weight excluding hydrogens is 260 g/mol. The third-order valence-corrected chi connectivity index (χ3v) is 4.18. The monoisotopic (exact) mass is 282 g/mol. The van der Waals surface area contributed by atoms with Gasteiger partial charge in [0.2, 0.25) is 0 Å². The molecule has 0 aromatic heterocycles. The largest absolute Gasteiger partial charge is 0.481 e. The topological polar surface area (TPSA) is 37.3 Å². The normalized spacial score (nSPS) is 13.7. The van der Waals surface area contributed by atoms with Gasteiger partial charge in [0.1, 0.15) is 0 Å². The molecule has 0 radical (unpaired) electrons. The molecule has 2 heteroatoms. The molecule has 0 amide bonds. The fourth-order valence-electron chi connectivity index (χ4n) is 2.37. The van der Waals surface area contributed by atoms with E-state index in [1.165, 1.54) is 11.1 Å². The number of carboxylic acids is 1. The molecule has 0 aliphatic rings. The molecule has 2 nitrogen and oxygen atoms in total. The van der Waals surface area contributed by atoms with Crippen LogP contribution in [0.5, 0.6) is 0 Å². The predicted octanol–water partition coefficient (Wildman–Crippen LogP) is 5.06. The first-order valence-corrected chi connectivity index (χ1v) is 7.46. The van der Waals surface area contributed by atoms with Crippen LogP contribution in [0.2, 0.25) is 0 Å². The lowest BCUT2D eigenvalue weighted by Gasteiger charge is -2.12. The number of rotatable bonds is 5. The molecule has 2 rings (SSSR count). The molecule has 110 valence electrons. The summed E-state index contributed by atoms with van der Waals surface area (Å²) in [6.07, 6.45) is 1.12. The minimum absolute atomic E-state index is 0.467. The summed E-state index contributed by atoms with van der Waals surface area (Å²) in [5, 5.41) is 9.05. The highest BCUT2D eigenvalue weighted by atomic mass is 16.4. The quantitative estimate of drug-likeness (QED) is 0.832. The summed E-state index contributed by atoms with van der Waals surface area (Å²) in [7, 11) is 0. The van der Waals surface area contributed by atoms with Gasteiger partial charge in [0, 0.05) is 0 Å². The van der Waals surface area contributed by atoms with Crippen LogP contribution in [-0.2, 0) is 4.79 Å². The molecule has 0 fully saturated rings. The molecule has 0 saturated heterocycles. The maximum atomic E-state index is 11.0. The van der Waals surface area contributed by atoms with Crippen molar-refractivity contribution in [2.75, 3.05) is 0 Å². The van der Waals surface area contributed by atoms with Crippen molar-refractivity contribution in [3.8, 4) is 11.1 Å². The summed E-state index contributed by atoms with van der Waals surface area (Å²) in [6, 6.07) is 16.4. The Hall–Kier alpha value is -2.09. The number of carboxylic acid groups (broad SMARTS) is 1. The van der Waals surface area contributed by atoms with Crippen LogP contribution in [-0.4, -0.2) is 11.1 Å². The van der Waals surface area contributed by atoms with Crippen molar-refractivity contribution in [3.63, 3.8) is 0 Å². The number of hydrogen-bond acceptors (Lipinski definition) is 1. The predicted molar refractivity (Wildman–Crippen MR) is 86.6 cm³/mol. The first-order valence-electron chi connectivity index (χ1n) is 7.46. The molecule has 2 unspecified atom stereocenters. The van der Waals surface area contributed by atoms with Crippen LogP contribution in [0.3, 0.4) is 0 Å². The van der Waals surface area contributed by atoms with Crippen molar-refractivity contribution in [3.05, 3.63) is 59.7 Å². The summed E-state index contributed by atoms with van der Waals surface area (Å²) >= 11 is 0. The minimum atomic E-state index is -0.790. The van der Waals surface area contributed by atoms with E-state index in [4.69, 9.17) is 5.11 Å². The maximum Gasteiger partial charge on any atom is 0.310 e. The Balaban J connectivity index is 2.28. The van der Waals surface area contributed by atoms with Gasteiger partial charge in [-0.15, -0.1) is 0 Å². The zero-order chi connectivity index (χ0) is 15.4. The highest BCUT2D eigenvalue weighted by Crippen LogP contribution is 2.27. The van der Waals surface area contributed by atoms with Gasteiger partial charge in [-0.2, -0.15) is 0 Å². The molecule has 2 atom stereocenters. The van der Waals surface area contributed by atoms with Gasteiger partial charge in [0.15, 0.2) is 0 Å². The molecule has 0 saturated carbocycles. The molecule has 0 aliphatic heterocycles. The third-order valence-electron chi connectivity index (χ3n) is 4.18. The zero-order valence-electron chi connectivity index (χ0n) is 12.8. The molecule has 0 spiro atoms. The number of aliphatic carboxylic acids is 1. The Bertz CT molecular complexity index is 614. The highest BCUT2D eigenvalue weighted by molar-refractivity contribution is 5.76. The molecule has 1 N–H and O–H groups in total. The van der Waals surface area contributed by atoms with E-state index in [0.717, 1.165) is 17.5 Å². The van der Waals surface area contributed by atoms with Gasteiger partial charge in [-0.25, -0.2) is 0 Å². The van der Waals surface area contributed by atoms with Crippen LogP contribution in [0, 0.1) is 0 Å². The fourth-order valence-corrected chi connectivity index (χ4v) is 2.37. The first-order chi connectivity index (χ1) is 10.0. The van der Waals surface area contributed by atoms with E-state index in [0.29, 0.717) is 5.92 Å².